The first-order chi connectivity index (χ1) is 16.9. The van der Waals surface area contributed by atoms with Gasteiger partial charge in [0.2, 0.25) is 0 Å². The van der Waals surface area contributed by atoms with Crippen molar-refractivity contribution in [2.75, 3.05) is 13.7 Å². The molecule has 3 aromatic rings. The Morgan fingerprint density at radius 3 is 2.77 bits per heavy atom. The fourth-order valence-corrected chi connectivity index (χ4v) is 5.19. The van der Waals surface area contributed by atoms with Gasteiger partial charge in [-0.25, -0.2) is 9.79 Å². The van der Waals surface area contributed by atoms with E-state index in [4.69, 9.17) is 9.47 Å². The number of thiazole rings is 1. The number of allylic oxidation sites excluding steroid dienone is 2. The highest BCUT2D eigenvalue weighted by molar-refractivity contribution is 7.07. The van der Waals surface area contributed by atoms with Gasteiger partial charge in [-0.05, 0) is 55.7 Å². The van der Waals surface area contributed by atoms with Crippen molar-refractivity contribution in [3.8, 4) is 11.5 Å². The maximum Gasteiger partial charge on any atom is 0.338 e. The molecule has 0 saturated carbocycles. The number of para-hydroxylation sites is 1. The van der Waals surface area contributed by atoms with Crippen LogP contribution in [0.3, 0.4) is 0 Å². The van der Waals surface area contributed by atoms with Crippen molar-refractivity contribution in [3.05, 3.63) is 103 Å². The van der Waals surface area contributed by atoms with Crippen molar-refractivity contribution in [2.45, 2.75) is 26.3 Å². The third kappa shape index (κ3) is 4.57. The fraction of sp³-hybridized carbons (Fsp3) is 0.222. The monoisotopic (exact) mass is 490 g/mol. The predicted molar refractivity (Wildman–Crippen MR) is 135 cm³/mol. The predicted octanol–water partition coefficient (Wildman–Crippen LogP) is 3.24. The van der Waals surface area contributed by atoms with Gasteiger partial charge in [-0.3, -0.25) is 9.36 Å². The second kappa shape index (κ2) is 10.1. The average Bonchev–Trinajstić information content (AvgIpc) is 3.14. The molecule has 2 heterocycles. The molecule has 1 aliphatic heterocycles. The van der Waals surface area contributed by atoms with E-state index >= 15 is 0 Å². The van der Waals surface area contributed by atoms with Crippen LogP contribution in [0.25, 0.3) is 6.08 Å². The zero-order valence-corrected chi connectivity index (χ0v) is 20.6. The van der Waals surface area contributed by atoms with Gasteiger partial charge in [-0.15, -0.1) is 6.58 Å². The van der Waals surface area contributed by atoms with Crippen molar-refractivity contribution >= 4 is 23.4 Å². The van der Waals surface area contributed by atoms with E-state index in [1.54, 1.807) is 51.3 Å². The zero-order valence-electron chi connectivity index (χ0n) is 19.8. The van der Waals surface area contributed by atoms with E-state index in [2.05, 4.69) is 11.6 Å². The molecular weight excluding hydrogens is 464 g/mol. The molecule has 1 atom stereocenters. The number of ether oxygens (including phenoxy) is 2. The molecule has 1 N–H and O–H groups in total. The van der Waals surface area contributed by atoms with Crippen molar-refractivity contribution in [3.63, 3.8) is 0 Å². The first-order valence-corrected chi connectivity index (χ1v) is 12.0. The number of phenolic OH excluding ortho intramolecular Hbond substituents is 1. The first kappa shape index (κ1) is 24.2. The molecule has 1 aliphatic rings. The largest absolute Gasteiger partial charge is 0.508 e. The standard InChI is InChI=1S/C27H26N2O5S/c1-5-9-18-14-17(12-13-20(18)30)15-22-25(31)29-24(19-10-7-8-11-21(19)33-4)23(26(32)34-6-2)16(3)28-27(29)35-22/h5,7-8,10-15,24,30H,1,6,9H2,2-4H3/b22-15+/t24-/m0/s1. The Kier molecular flexibility index (Phi) is 7.02. The molecule has 2 aromatic carbocycles. The maximum atomic E-state index is 13.7. The lowest BCUT2D eigenvalue weighted by molar-refractivity contribution is -0.139. The van der Waals surface area contributed by atoms with E-state index < -0.39 is 12.0 Å². The second-order valence-electron chi connectivity index (χ2n) is 7.93. The number of fused-ring (bicyclic) bond motifs is 1. The number of carbonyl (C=O) groups is 1. The minimum Gasteiger partial charge on any atom is -0.508 e. The molecule has 0 amide bonds. The lowest BCUT2D eigenvalue weighted by atomic mass is 9.95. The molecule has 0 bridgehead atoms. The number of carbonyl (C=O) groups excluding carboxylic acids is 1. The molecule has 35 heavy (non-hydrogen) atoms. The first-order valence-electron chi connectivity index (χ1n) is 11.1. The van der Waals surface area contributed by atoms with E-state index in [0.717, 1.165) is 5.56 Å². The Labute approximate surface area is 206 Å². The molecule has 4 rings (SSSR count). The third-order valence-electron chi connectivity index (χ3n) is 5.72. The van der Waals surface area contributed by atoms with Gasteiger partial charge in [-0.2, -0.15) is 0 Å². The summed E-state index contributed by atoms with van der Waals surface area (Å²) in [5.41, 5.74) is 2.66. The van der Waals surface area contributed by atoms with Crippen LogP contribution in [0.4, 0.5) is 0 Å². The molecular formula is C27H26N2O5S. The fourth-order valence-electron chi connectivity index (χ4n) is 4.14. The van der Waals surface area contributed by atoms with Crippen molar-refractivity contribution in [2.24, 2.45) is 4.99 Å². The minimum absolute atomic E-state index is 0.175. The molecule has 0 saturated heterocycles. The van der Waals surface area contributed by atoms with E-state index in [9.17, 15) is 14.7 Å². The van der Waals surface area contributed by atoms with Crippen molar-refractivity contribution in [1.29, 1.82) is 0 Å². The molecule has 0 aliphatic carbocycles. The van der Waals surface area contributed by atoms with E-state index in [1.165, 1.54) is 15.9 Å². The van der Waals surface area contributed by atoms with Crippen LogP contribution in [0.5, 0.6) is 11.5 Å². The Balaban J connectivity index is 1.96. The van der Waals surface area contributed by atoms with Crippen molar-refractivity contribution in [1.82, 2.24) is 4.57 Å². The maximum absolute atomic E-state index is 13.7. The quantitative estimate of drug-likeness (QED) is 0.406. The summed E-state index contributed by atoms with van der Waals surface area (Å²) < 4.78 is 12.9. The van der Waals surface area contributed by atoms with E-state index in [1.807, 2.05) is 24.3 Å². The number of phenols is 1. The topological polar surface area (TPSA) is 90.1 Å². The number of aromatic hydroxyl groups is 1. The van der Waals surface area contributed by atoms with E-state index in [0.29, 0.717) is 43.9 Å². The average molecular weight is 491 g/mol. The Hall–Kier alpha value is -3.91. The SMILES string of the molecule is C=CCc1cc(/C=c2/sc3n(c2=O)[C@@H](c2ccccc2OC)C(C(=O)OCC)=C(C)N=3)ccc1O. The summed E-state index contributed by atoms with van der Waals surface area (Å²) in [7, 11) is 1.55. The summed E-state index contributed by atoms with van der Waals surface area (Å²) in [6, 6.07) is 11.7. The van der Waals surface area contributed by atoms with Gasteiger partial charge in [0.15, 0.2) is 4.80 Å². The lowest BCUT2D eigenvalue weighted by Gasteiger charge is -2.25. The number of rotatable bonds is 7. The summed E-state index contributed by atoms with van der Waals surface area (Å²) in [5.74, 6) is 0.206. The second-order valence-corrected chi connectivity index (χ2v) is 8.93. The van der Waals surface area contributed by atoms with Gasteiger partial charge < -0.3 is 14.6 Å². The summed E-state index contributed by atoms with van der Waals surface area (Å²) in [6.07, 6.45) is 3.98. The number of benzene rings is 2. The van der Waals surface area contributed by atoms with Crippen LogP contribution in [0, 0.1) is 0 Å². The Morgan fingerprint density at radius 1 is 1.29 bits per heavy atom. The molecule has 0 spiro atoms. The molecule has 180 valence electrons. The van der Waals surface area contributed by atoms with Gasteiger partial charge in [0.1, 0.15) is 17.5 Å². The number of nitrogens with zero attached hydrogens (tertiary/aromatic N) is 2. The minimum atomic E-state index is -0.750. The number of esters is 1. The number of methoxy groups -OCH3 is 1. The number of aromatic nitrogens is 1. The van der Waals surface area contributed by atoms with E-state index in [-0.39, 0.29) is 17.9 Å². The smallest absolute Gasteiger partial charge is 0.338 e. The normalized spacial score (nSPS) is 15.4. The summed E-state index contributed by atoms with van der Waals surface area (Å²) in [4.78, 5) is 31.8. The molecule has 7 nitrogen and oxygen atoms in total. The third-order valence-corrected chi connectivity index (χ3v) is 6.70. The highest BCUT2D eigenvalue weighted by atomic mass is 32.1. The van der Waals surface area contributed by atoms with Crippen LogP contribution in [0.1, 0.15) is 36.6 Å². The molecule has 1 aromatic heterocycles. The van der Waals surface area contributed by atoms with Crippen LogP contribution >= 0.6 is 11.3 Å². The van der Waals surface area contributed by atoms with Crippen LogP contribution in [0.15, 0.2) is 76.2 Å². The highest BCUT2D eigenvalue weighted by Crippen LogP contribution is 2.35. The van der Waals surface area contributed by atoms with Gasteiger partial charge in [0, 0.05) is 5.56 Å². The van der Waals surface area contributed by atoms with Crippen molar-refractivity contribution < 1.29 is 19.4 Å². The zero-order chi connectivity index (χ0) is 25.1. The van der Waals surface area contributed by atoms with Crippen LogP contribution in [0.2, 0.25) is 0 Å². The van der Waals surface area contributed by atoms with Crippen LogP contribution < -0.4 is 19.6 Å². The van der Waals surface area contributed by atoms with Gasteiger partial charge in [0.25, 0.3) is 5.56 Å². The molecule has 0 fully saturated rings. The summed E-state index contributed by atoms with van der Waals surface area (Å²) in [5, 5.41) is 10.1. The number of hydrogen-bond acceptors (Lipinski definition) is 7. The molecule has 0 radical (unpaired) electrons. The van der Waals surface area contributed by atoms with Crippen LogP contribution in [-0.4, -0.2) is 29.4 Å². The molecule has 0 unspecified atom stereocenters. The Morgan fingerprint density at radius 2 is 2.06 bits per heavy atom. The summed E-state index contributed by atoms with van der Waals surface area (Å²) in [6.45, 7) is 7.40. The number of hydrogen-bond donors (Lipinski definition) is 1. The van der Waals surface area contributed by atoms with Gasteiger partial charge in [-0.1, -0.05) is 41.7 Å². The molecule has 8 heteroatoms. The summed E-state index contributed by atoms with van der Waals surface area (Å²) >= 11 is 1.24. The Bertz CT molecular complexity index is 1510. The van der Waals surface area contributed by atoms with Crippen LogP contribution in [-0.2, 0) is 16.0 Å². The van der Waals surface area contributed by atoms with Gasteiger partial charge >= 0.3 is 5.97 Å². The lowest BCUT2D eigenvalue weighted by Crippen LogP contribution is -2.40. The van der Waals surface area contributed by atoms with Gasteiger partial charge in [0.05, 0.1) is 29.5 Å². The highest BCUT2D eigenvalue weighted by Gasteiger charge is 2.34.